The summed E-state index contributed by atoms with van der Waals surface area (Å²) in [6.45, 7) is 2.12. The van der Waals surface area contributed by atoms with Crippen LogP contribution in [0, 0.1) is 5.92 Å². The molecule has 2 amide bonds. The highest BCUT2D eigenvalue weighted by atomic mass is 16.5. The first-order chi connectivity index (χ1) is 8.15. The number of ether oxygens (including phenoxy) is 1. The fourth-order valence-corrected chi connectivity index (χ4v) is 1.89. The lowest BCUT2D eigenvalue weighted by Crippen LogP contribution is -2.47. The lowest BCUT2D eigenvalue weighted by Gasteiger charge is -2.30. The van der Waals surface area contributed by atoms with E-state index in [2.05, 4.69) is 5.32 Å². The molecule has 6 nitrogen and oxygen atoms in total. The number of likely N-dealkylation sites (tertiary alicyclic amines) is 1. The van der Waals surface area contributed by atoms with Gasteiger partial charge in [-0.05, 0) is 19.3 Å². The molecular formula is C11H20N2O4. The lowest BCUT2D eigenvalue weighted by molar-refractivity contribution is -0.143. The summed E-state index contributed by atoms with van der Waals surface area (Å²) >= 11 is 0. The Morgan fingerprint density at radius 3 is 2.94 bits per heavy atom. The van der Waals surface area contributed by atoms with E-state index in [-0.39, 0.29) is 6.03 Å². The minimum atomic E-state index is -0.818. The fourth-order valence-electron chi connectivity index (χ4n) is 1.89. The van der Waals surface area contributed by atoms with Crippen molar-refractivity contribution >= 4 is 12.0 Å². The number of urea groups is 1. The molecule has 1 atom stereocenters. The van der Waals surface area contributed by atoms with Crippen molar-refractivity contribution in [3.05, 3.63) is 0 Å². The summed E-state index contributed by atoms with van der Waals surface area (Å²) in [5.41, 5.74) is 0. The minimum absolute atomic E-state index is 0.174. The van der Waals surface area contributed by atoms with Crippen LogP contribution in [0.1, 0.15) is 19.3 Å². The lowest BCUT2D eigenvalue weighted by atomic mass is 9.99. The van der Waals surface area contributed by atoms with Gasteiger partial charge in [0.25, 0.3) is 0 Å². The van der Waals surface area contributed by atoms with E-state index in [1.54, 1.807) is 12.0 Å². The first kappa shape index (κ1) is 13.8. The van der Waals surface area contributed by atoms with Gasteiger partial charge in [0.1, 0.15) is 0 Å². The van der Waals surface area contributed by atoms with Crippen molar-refractivity contribution in [3.63, 3.8) is 0 Å². The summed E-state index contributed by atoms with van der Waals surface area (Å²) in [5.74, 6) is -1.24. The van der Waals surface area contributed by atoms with E-state index in [4.69, 9.17) is 9.84 Å². The van der Waals surface area contributed by atoms with E-state index >= 15 is 0 Å². The number of carbonyl (C=O) groups excluding carboxylic acids is 1. The maximum absolute atomic E-state index is 11.7. The number of methoxy groups -OCH3 is 1. The van der Waals surface area contributed by atoms with Crippen LogP contribution in [-0.4, -0.2) is 55.4 Å². The Balaban J connectivity index is 2.28. The molecule has 0 bridgehead atoms. The van der Waals surface area contributed by atoms with E-state index in [0.717, 1.165) is 12.8 Å². The number of carboxylic acid groups (broad SMARTS) is 1. The fraction of sp³-hybridized carbons (Fsp3) is 0.818. The van der Waals surface area contributed by atoms with E-state index in [1.807, 2.05) is 0 Å². The second kappa shape index (κ2) is 7.11. The molecule has 0 unspecified atom stereocenters. The van der Waals surface area contributed by atoms with Crippen molar-refractivity contribution in [2.24, 2.45) is 5.92 Å². The zero-order chi connectivity index (χ0) is 12.7. The second-order valence-electron chi connectivity index (χ2n) is 4.20. The monoisotopic (exact) mass is 244 g/mol. The summed E-state index contributed by atoms with van der Waals surface area (Å²) in [6.07, 6.45) is 2.17. The van der Waals surface area contributed by atoms with Crippen LogP contribution in [0.5, 0.6) is 0 Å². The van der Waals surface area contributed by atoms with Gasteiger partial charge in [-0.2, -0.15) is 0 Å². The third-order valence-electron chi connectivity index (χ3n) is 2.86. The van der Waals surface area contributed by atoms with E-state index in [1.165, 1.54) is 0 Å². The Morgan fingerprint density at radius 2 is 2.29 bits per heavy atom. The molecule has 0 aromatic carbocycles. The highest BCUT2D eigenvalue weighted by Gasteiger charge is 2.27. The predicted octanol–water partition coefficient (Wildman–Crippen LogP) is 0.529. The molecular weight excluding hydrogens is 224 g/mol. The molecule has 0 saturated carbocycles. The predicted molar refractivity (Wildman–Crippen MR) is 61.8 cm³/mol. The average Bonchev–Trinajstić information content (AvgIpc) is 2.34. The first-order valence-corrected chi connectivity index (χ1v) is 5.89. The van der Waals surface area contributed by atoms with Gasteiger partial charge >= 0.3 is 12.0 Å². The molecule has 0 aliphatic carbocycles. The van der Waals surface area contributed by atoms with Crippen LogP contribution in [0.15, 0.2) is 0 Å². The molecule has 17 heavy (non-hydrogen) atoms. The van der Waals surface area contributed by atoms with Crippen LogP contribution in [0.4, 0.5) is 4.79 Å². The zero-order valence-corrected chi connectivity index (χ0v) is 10.1. The number of amides is 2. The molecule has 1 rings (SSSR count). The standard InChI is InChI=1S/C11H20N2O4/c1-17-7-3-5-12-11(16)13-6-2-4-9(8-13)10(14)15/h9H,2-8H2,1H3,(H,12,16)(H,14,15)/t9-/m1/s1. The number of nitrogens with one attached hydrogen (secondary N) is 1. The third kappa shape index (κ3) is 4.60. The average molecular weight is 244 g/mol. The molecule has 0 aromatic rings. The van der Waals surface area contributed by atoms with Crippen molar-refractivity contribution in [2.45, 2.75) is 19.3 Å². The molecule has 0 radical (unpaired) electrons. The highest BCUT2D eigenvalue weighted by Crippen LogP contribution is 2.16. The topological polar surface area (TPSA) is 78.9 Å². The normalized spacial score (nSPS) is 20.1. The maximum Gasteiger partial charge on any atom is 0.317 e. The van der Waals surface area contributed by atoms with E-state index < -0.39 is 11.9 Å². The summed E-state index contributed by atoms with van der Waals surface area (Å²) in [5, 5.41) is 11.7. The van der Waals surface area contributed by atoms with Gasteiger partial charge in [-0.3, -0.25) is 4.79 Å². The van der Waals surface area contributed by atoms with Crippen molar-refractivity contribution in [1.82, 2.24) is 10.2 Å². The van der Waals surface area contributed by atoms with Gasteiger partial charge in [0.05, 0.1) is 5.92 Å². The number of hydrogen-bond donors (Lipinski definition) is 2. The Bertz CT molecular complexity index is 270. The Hall–Kier alpha value is -1.30. The second-order valence-corrected chi connectivity index (χ2v) is 4.20. The summed E-state index contributed by atoms with van der Waals surface area (Å²) in [4.78, 5) is 24.1. The number of piperidine rings is 1. The van der Waals surface area contributed by atoms with Crippen LogP contribution >= 0.6 is 0 Å². The largest absolute Gasteiger partial charge is 0.481 e. The van der Waals surface area contributed by atoms with Crippen molar-refractivity contribution < 1.29 is 19.4 Å². The van der Waals surface area contributed by atoms with Gasteiger partial charge < -0.3 is 20.1 Å². The number of carbonyl (C=O) groups is 2. The number of carboxylic acids is 1. The van der Waals surface area contributed by atoms with Gasteiger partial charge in [-0.25, -0.2) is 4.79 Å². The van der Waals surface area contributed by atoms with E-state index in [0.29, 0.717) is 32.7 Å². The quantitative estimate of drug-likeness (QED) is 0.691. The van der Waals surface area contributed by atoms with Gasteiger partial charge in [0.2, 0.25) is 0 Å². The van der Waals surface area contributed by atoms with Crippen molar-refractivity contribution in [1.29, 1.82) is 0 Å². The Kier molecular flexibility index (Phi) is 5.76. The molecule has 0 spiro atoms. The Morgan fingerprint density at radius 1 is 1.53 bits per heavy atom. The van der Waals surface area contributed by atoms with Gasteiger partial charge in [-0.1, -0.05) is 0 Å². The number of rotatable bonds is 5. The smallest absolute Gasteiger partial charge is 0.317 e. The molecule has 1 aliphatic rings. The van der Waals surface area contributed by atoms with E-state index in [9.17, 15) is 9.59 Å². The molecule has 1 fully saturated rings. The first-order valence-electron chi connectivity index (χ1n) is 5.89. The summed E-state index contributed by atoms with van der Waals surface area (Å²) in [6, 6.07) is -0.174. The van der Waals surface area contributed by atoms with Gasteiger partial charge in [0.15, 0.2) is 0 Å². The molecule has 1 heterocycles. The van der Waals surface area contributed by atoms with Crippen LogP contribution in [0.2, 0.25) is 0 Å². The zero-order valence-electron chi connectivity index (χ0n) is 10.1. The molecule has 1 saturated heterocycles. The third-order valence-corrected chi connectivity index (χ3v) is 2.86. The number of aliphatic carboxylic acids is 1. The van der Waals surface area contributed by atoms with Gasteiger partial charge in [0, 0.05) is 33.4 Å². The number of hydrogen-bond acceptors (Lipinski definition) is 3. The Labute approximate surface area is 101 Å². The molecule has 0 aromatic heterocycles. The minimum Gasteiger partial charge on any atom is -0.481 e. The number of nitrogens with zero attached hydrogens (tertiary/aromatic N) is 1. The summed E-state index contributed by atoms with van der Waals surface area (Å²) < 4.78 is 4.88. The molecule has 2 N–H and O–H groups in total. The highest BCUT2D eigenvalue weighted by molar-refractivity contribution is 5.76. The van der Waals surface area contributed by atoms with Crippen molar-refractivity contribution in [3.8, 4) is 0 Å². The SMILES string of the molecule is COCCCNC(=O)N1CCC[C@@H](C(=O)O)C1. The van der Waals surface area contributed by atoms with Crippen molar-refractivity contribution in [2.75, 3.05) is 33.4 Å². The molecule has 6 heteroatoms. The molecule has 1 aliphatic heterocycles. The summed E-state index contributed by atoms with van der Waals surface area (Å²) in [7, 11) is 1.61. The maximum atomic E-state index is 11.7. The van der Waals surface area contributed by atoms with Crippen LogP contribution < -0.4 is 5.32 Å². The molecule has 98 valence electrons. The van der Waals surface area contributed by atoms with Gasteiger partial charge in [-0.15, -0.1) is 0 Å². The van der Waals surface area contributed by atoms with Crippen LogP contribution in [-0.2, 0) is 9.53 Å². The van der Waals surface area contributed by atoms with Crippen LogP contribution in [0.3, 0.4) is 0 Å². The van der Waals surface area contributed by atoms with Crippen LogP contribution in [0.25, 0.3) is 0 Å².